The first-order valence-corrected chi connectivity index (χ1v) is 5.94. The number of carbonyl (C=O) groups is 1. The smallest absolute Gasteiger partial charge is 0.168 e. The van der Waals surface area contributed by atoms with E-state index in [0.717, 1.165) is 0 Å². The highest BCUT2D eigenvalue weighted by atomic mass is 35.5. The third-order valence-corrected chi connectivity index (χ3v) is 2.99. The zero-order chi connectivity index (χ0) is 13.8. The molecule has 1 aromatic heterocycles. The maximum Gasteiger partial charge on any atom is 0.168 e. The average Bonchev–Trinajstić information content (AvgIpc) is 2.42. The lowest BCUT2D eigenvalue weighted by atomic mass is 10.0. The number of ether oxygens (including phenoxy) is 1. The second-order valence-electron chi connectivity index (χ2n) is 3.95. The summed E-state index contributed by atoms with van der Waals surface area (Å²) in [4.78, 5) is 16.0. The van der Waals surface area contributed by atoms with Crippen LogP contribution in [-0.4, -0.2) is 17.9 Å². The summed E-state index contributed by atoms with van der Waals surface area (Å²) in [6.07, 6.45) is 3.07. The van der Waals surface area contributed by atoms with Crippen LogP contribution < -0.4 is 4.74 Å². The summed E-state index contributed by atoms with van der Waals surface area (Å²) in [6, 6.07) is 5.57. The molecule has 0 saturated heterocycles. The maximum atomic E-state index is 12.9. The molecule has 0 atom stereocenters. The summed E-state index contributed by atoms with van der Waals surface area (Å²) in [6.45, 7) is 0. The number of pyridine rings is 1. The first kappa shape index (κ1) is 13.5. The first-order valence-electron chi connectivity index (χ1n) is 5.56. The van der Waals surface area contributed by atoms with Crippen LogP contribution in [0.4, 0.5) is 4.39 Å². The molecule has 0 fully saturated rings. The molecule has 1 heterocycles. The van der Waals surface area contributed by atoms with Gasteiger partial charge in [0, 0.05) is 23.2 Å². The predicted molar refractivity (Wildman–Crippen MR) is 70.2 cm³/mol. The van der Waals surface area contributed by atoms with Gasteiger partial charge in [0.1, 0.15) is 11.6 Å². The van der Waals surface area contributed by atoms with Crippen molar-refractivity contribution in [2.45, 2.75) is 6.42 Å². The lowest BCUT2D eigenvalue weighted by Gasteiger charge is -2.05. The lowest BCUT2D eigenvalue weighted by molar-refractivity contribution is 0.0992. The van der Waals surface area contributed by atoms with Crippen molar-refractivity contribution in [1.82, 2.24) is 4.98 Å². The SMILES string of the molecule is COc1cncc(C(=O)Cc2ccc(F)cc2Cl)c1. The van der Waals surface area contributed by atoms with Crippen molar-refractivity contribution in [3.05, 3.63) is 58.6 Å². The number of Topliss-reactive ketones (excluding diaryl/α,β-unsaturated/α-hetero) is 1. The highest BCUT2D eigenvalue weighted by molar-refractivity contribution is 6.31. The van der Waals surface area contributed by atoms with E-state index < -0.39 is 5.82 Å². The molecule has 0 aliphatic carbocycles. The number of benzene rings is 1. The van der Waals surface area contributed by atoms with Gasteiger partial charge >= 0.3 is 0 Å². The minimum Gasteiger partial charge on any atom is -0.495 e. The van der Waals surface area contributed by atoms with Gasteiger partial charge in [-0.05, 0) is 23.8 Å². The number of hydrogen-bond donors (Lipinski definition) is 0. The summed E-state index contributed by atoms with van der Waals surface area (Å²) in [5.74, 6) is -0.0693. The molecule has 0 amide bonds. The van der Waals surface area contributed by atoms with Crippen molar-refractivity contribution in [2.24, 2.45) is 0 Å². The van der Waals surface area contributed by atoms with Crippen molar-refractivity contribution in [3.8, 4) is 5.75 Å². The second kappa shape index (κ2) is 5.80. The molecular weight excluding hydrogens is 269 g/mol. The molecule has 3 nitrogen and oxygen atoms in total. The number of nitrogens with zero attached hydrogens (tertiary/aromatic N) is 1. The minimum absolute atomic E-state index is 0.0912. The molecule has 98 valence electrons. The molecule has 0 saturated carbocycles. The first-order chi connectivity index (χ1) is 9.10. The van der Waals surface area contributed by atoms with Gasteiger partial charge in [0.25, 0.3) is 0 Å². The molecule has 0 N–H and O–H groups in total. The van der Waals surface area contributed by atoms with E-state index in [1.54, 1.807) is 6.07 Å². The quantitative estimate of drug-likeness (QED) is 0.806. The van der Waals surface area contributed by atoms with Gasteiger partial charge in [-0.3, -0.25) is 9.78 Å². The zero-order valence-electron chi connectivity index (χ0n) is 10.2. The van der Waals surface area contributed by atoms with Crippen molar-refractivity contribution in [2.75, 3.05) is 7.11 Å². The normalized spacial score (nSPS) is 10.3. The summed E-state index contributed by atoms with van der Waals surface area (Å²) in [5, 5.41) is 0.240. The van der Waals surface area contributed by atoms with E-state index in [9.17, 15) is 9.18 Å². The van der Waals surface area contributed by atoms with Crippen molar-refractivity contribution in [1.29, 1.82) is 0 Å². The molecule has 1 aromatic carbocycles. The Morgan fingerprint density at radius 3 is 2.84 bits per heavy atom. The van der Waals surface area contributed by atoms with E-state index in [2.05, 4.69) is 4.98 Å². The fraction of sp³-hybridized carbons (Fsp3) is 0.143. The third kappa shape index (κ3) is 3.29. The van der Waals surface area contributed by atoms with Gasteiger partial charge in [-0.2, -0.15) is 0 Å². The fourth-order valence-corrected chi connectivity index (χ4v) is 1.86. The molecule has 0 spiro atoms. The summed E-state index contributed by atoms with van der Waals surface area (Å²) in [7, 11) is 1.50. The van der Waals surface area contributed by atoms with Crippen LogP contribution in [0.2, 0.25) is 5.02 Å². The van der Waals surface area contributed by atoms with E-state index in [1.807, 2.05) is 0 Å². The Kier molecular flexibility index (Phi) is 4.12. The maximum absolute atomic E-state index is 12.9. The minimum atomic E-state index is -0.427. The largest absolute Gasteiger partial charge is 0.495 e. The molecule has 2 aromatic rings. The van der Waals surface area contributed by atoms with Gasteiger partial charge < -0.3 is 4.74 Å². The highest BCUT2D eigenvalue weighted by Crippen LogP contribution is 2.20. The Morgan fingerprint density at radius 2 is 2.16 bits per heavy atom. The second-order valence-corrected chi connectivity index (χ2v) is 4.36. The van der Waals surface area contributed by atoms with Crippen LogP contribution in [0.25, 0.3) is 0 Å². The number of carbonyl (C=O) groups excluding carboxylic acids is 1. The summed E-state index contributed by atoms with van der Waals surface area (Å²) >= 11 is 5.89. The van der Waals surface area contributed by atoms with Gasteiger partial charge in [0.05, 0.1) is 13.3 Å². The van der Waals surface area contributed by atoms with E-state index in [1.165, 1.54) is 37.7 Å². The van der Waals surface area contributed by atoms with E-state index >= 15 is 0 Å². The van der Waals surface area contributed by atoms with Gasteiger partial charge in [-0.25, -0.2) is 4.39 Å². The molecule has 0 aliphatic rings. The summed E-state index contributed by atoms with van der Waals surface area (Å²) < 4.78 is 17.9. The molecule has 0 bridgehead atoms. The Bertz CT molecular complexity index is 616. The molecule has 5 heteroatoms. The van der Waals surface area contributed by atoms with Crippen molar-refractivity contribution < 1.29 is 13.9 Å². The predicted octanol–water partition coefficient (Wildman–Crippen LogP) is 3.31. The Labute approximate surface area is 115 Å². The van der Waals surface area contributed by atoms with Crippen LogP contribution in [-0.2, 0) is 6.42 Å². The molecule has 0 radical (unpaired) electrons. The van der Waals surface area contributed by atoms with Crippen molar-refractivity contribution in [3.63, 3.8) is 0 Å². The molecule has 0 aliphatic heterocycles. The number of halogens is 2. The highest BCUT2D eigenvalue weighted by Gasteiger charge is 2.11. The molecular formula is C14H11ClFNO2. The van der Waals surface area contributed by atoms with Crippen LogP contribution in [0.1, 0.15) is 15.9 Å². The van der Waals surface area contributed by atoms with Crippen molar-refractivity contribution >= 4 is 17.4 Å². The van der Waals surface area contributed by atoms with E-state index in [4.69, 9.17) is 16.3 Å². The van der Waals surface area contributed by atoms with Gasteiger partial charge in [0.15, 0.2) is 5.78 Å². The van der Waals surface area contributed by atoms with Gasteiger partial charge in [-0.15, -0.1) is 0 Å². The van der Waals surface area contributed by atoms with Gasteiger partial charge in [0.2, 0.25) is 0 Å². The van der Waals surface area contributed by atoms with Crippen LogP contribution in [0.15, 0.2) is 36.7 Å². The number of aromatic nitrogens is 1. The number of rotatable bonds is 4. The van der Waals surface area contributed by atoms with E-state index in [0.29, 0.717) is 16.9 Å². The van der Waals surface area contributed by atoms with Crippen LogP contribution in [0.3, 0.4) is 0 Å². The monoisotopic (exact) mass is 279 g/mol. The van der Waals surface area contributed by atoms with Crippen LogP contribution >= 0.6 is 11.6 Å². The van der Waals surface area contributed by atoms with Crippen LogP contribution in [0.5, 0.6) is 5.75 Å². The van der Waals surface area contributed by atoms with E-state index in [-0.39, 0.29) is 17.2 Å². The number of methoxy groups -OCH3 is 1. The molecule has 19 heavy (non-hydrogen) atoms. The third-order valence-electron chi connectivity index (χ3n) is 2.64. The lowest BCUT2D eigenvalue weighted by Crippen LogP contribution is -2.05. The number of hydrogen-bond acceptors (Lipinski definition) is 3. The fourth-order valence-electron chi connectivity index (χ4n) is 1.62. The molecule has 2 rings (SSSR count). The Hall–Kier alpha value is -1.94. The Balaban J connectivity index is 2.20. The summed E-state index contributed by atoms with van der Waals surface area (Å²) in [5.41, 5.74) is 1.01. The van der Waals surface area contributed by atoms with Gasteiger partial charge in [-0.1, -0.05) is 17.7 Å². The Morgan fingerprint density at radius 1 is 1.37 bits per heavy atom. The topological polar surface area (TPSA) is 39.2 Å². The zero-order valence-corrected chi connectivity index (χ0v) is 10.9. The molecule has 0 unspecified atom stereocenters. The number of ketones is 1. The average molecular weight is 280 g/mol. The van der Waals surface area contributed by atoms with Crippen LogP contribution in [0, 0.1) is 5.82 Å². The standard InChI is InChI=1S/C14H11ClFNO2/c1-19-12-4-10(7-17-8-12)14(18)5-9-2-3-11(16)6-13(9)15/h2-4,6-8H,5H2,1H3.